The summed E-state index contributed by atoms with van der Waals surface area (Å²) in [5.41, 5.74) is 0.889. The summed E-state index contributed by atoms with van der Waals surface area (Å²) in [6.45, 7) is 6.87. The van der Waals surface area contributed by atoms with Gasteiger partial charge in [-0.3, -0.25) is 9.69 Å². The van der Waals surface area contributed by atoms with Crippen molar-refractivity contribution in [3.8, 4) is 0 Å². The third kappa shape index (κ3) is 5.43. The molecule has 0 radical (unpaired) electrons. The Labute approximate surface area is 194 Å². The molecular formula is C22H28FN3O5S2. The van der Waals surface area contributed by atoms with Crippen LogP contribution in [0.5, 0.6) is 0 Å². The van der Waals surface area contributed by atoms with Gasteiger partial charge >= 0.3 is 0 Å². The molecule has 0 bridgehead atoms. The van der Waals surface area contributed by atoms with Crippen LogP contribution in [0.4, 0.5) is 10.1 Å². The van der Waals surface area contributed by atoms with Crippen LogP contribution in [0.25, 0.3) is 0 Å². The van der Waals surface area contributed by atoms with Crippen molar-refractivity contribution in [1.29, 1.82) is 0 Å². The van der Waals surface area contributed by atoms with E-state index in [9.17, 15) is 26.0 Å². The van der Waals surface area contributed by atoms with Gasteiger partial charge in [0.15, 0.2) is 0 Å². The summed E-state index contributed by atoms with van der Waals surface area (Å²) in [5.74, 6) is -1.83. The predicted octanol–water partition coefficient (Wildman–Crippen LogP) is 2.50. The molecule has 1 fully saturated rings. The Morgan fingerprint density at radius 1 is 1.09 bits per heavy atom. The number of benzene rings is 2. The monoisotopic (exact) mass is 497 g/mol. The Bertz CT molecular complexity index is 1200. The molecular weight excluding hydrogens is 469 g/mol. The van der Waals surface area contributed by atoms with E-state index in [1.165, 1.54) is 43.3 Å². The van der Waals surface area contributed by atoms with Gasteiger partial charge in [-0.1, -0.05) is 32.9 Å². The lowest BCUT2D eigenvalue weighted by Crippen LogP contribution is -2.38. The summed E-state index contributed by atoms with van der Waals surface area (Å²) < 4.78 is 67.0. The van der Waals surface area contributed by atoms with Crippen molar-refractivity contribution in [2.45, 2.75) is 31.7 Å². The number of likely N-dealkylation sites (N-methyl/N-ethyl adjacent to an activating group) is 1. The highest BCUT2D eigenvalue weighted by molar-refractivity contribution is 7.94. The number of carbonyl (C=O) groups excluding carboxylic acids is 1. The minimum absolute atomic E-state index is 0.0549. The van der Waals surface area contributed by atoms with Crippen molar-refractivity contribution >= 4 is 31.6 Å². The number of carbonyl (C=O) groups is 1. The molecule has 2 aromatic rings. The lowest BCUT2D eigenvalue weighted by Gasteiger charge is -2.30. The maximum atomic E-state index is 13.4. The maximum Gasteiger partial charge on any atom is 0.244 e. The minimum atomic E-state index is -3.92. The zero-order valence-corrected chi connectivity index (χ0v) is 20.4. The standard InChI is InChI=1S/C22H28FN3O5S2/c1-4-25(5-2)21(17-6-8-18(23)9-7-17)14-24-33(30,31)20-12-10-19(11-13-20)26-22(27)16(3)15-32(26,28)29/h6-13,16,21,24H,4-5,14-15H2,1-3H3. The molecule has 11 heteroatoms. The van der Waals surface area contributed by atoms with E-state index < -0.39 is 31.9 Å². The molecule has 1 heterocycles. The fourth-order valence-electron chi connectivity index (χ4n) is 3.93. The second kappa shape index (κ2) is 9.88. The van der Waals surface area contributed by atoms with E-state index in [0.29, 0.717) is 13.1 Å². The first-order chi connectivity index (χ1) is 15.5. The molecule has 0 aliphatic carbocycles. The molecule has 1 aliphatic rings. The van der Waals surface area contributed by atoms with Gasteiger partial charge in [0.05, 0.1) is 22.3 Å². The van der Waals surface area contributed by atoms with Gasteiger partial charge in [0, 0.05) is 12.6 Å². The average Bonchev–Trinajstić information content (AvgIpc) is 2.98. The molecule has 0 aromatic heterocycles. The molecule has 2 aromatic carbocycles. The largest absolute Gasteiger partial charge is 0.296 e. The number of rotatable bonds is 9. The number of halogens is 1. The molecule has 3 rings (SSSR count). The number of amides is 1. The summed E-state index contributed by atoms with van der Waals surface area (Å²) in [6.07, 6.45) is 0. The molecule has 1 amide bonds. The summed E-state index contributed by atoms with van der Waals surface area (Å²) >= 11 is 0. The normalized spacial score (nSPS) is 19.2. The van der Waals surface area contributed by atoms with E-state index >= 15 is 0 Å². The Morgan fingerprint density at radius 2 is 1.67 bits per heavy atom. The molecule has 2 atom stereocenters. The van der Waals surface area contributed by atoms with Crippen LogP contribution >= 0.6 is 0 Å². The zero-order valence-electron chi connectivity index (χ0n) is 18.7. The van der Waals surface area contributed by atoms with Crippen LogP contribution in [0, 0.1) is 11.7 Å². The number of sulfonamides is 2. The van der Waals surface area contributed by atoms with Crippen molar-refractivity contribution in [2.24, 2.45) is 5.92 Å². The van der Waals surface area contributed by atoms with E-state index in [1.807, 2.05) is 13.8 Å². The van der Waals surface area contributed by atoms with Gasteiger partial charge < -0.3 is 0 Å². The molecule has 1 aliphatic heterocycles. The Morgan fingerprint density at radius 3 is 2.15 bits per heavy atom. The summed E-state index contributed by atoms with van der Waals surface area (Å²) in [5, 5.41) is 0. The van der Waals surface area contributed by atoms with Crippen molar-refractivity contribution in [2.75, 3.05) is 29.7 Å². The molecule has 1 saturated heterocycles. The highest BCUT2D eigenvalue weighted by Crippen LogP contribution is 2.29. The molecule has 33 heavy (non-hydrogen) atoms. The highest BCUT2D eigenvalue weighted by Gasteiger charge is 2.42. The van der Waals surface area contributed by atoms with Gasteiger partial charge in [-0.25, -0.2) is 30.3 Å². The summed E-state index contributed by atoms with van der Waals surface area (Å²) in [7, 11) is -7.69. The van der Waals surface area contributed by atoms with Crippen LogP contribution in [-0.4, -0.2) is 53.0 Å². The molecule has 180 valence electrons. The number of nitrogens with one attached hydrogen (secondary N) is 1. The number of hydrogen-bond acceptors (Lipinski definition) is 6. The molecule has 8 nitrogen and oxygen atoms in total. The highest BCUT2D eigenvalue weighted by atomic mass is 32.2. The van der Waals surface area contributed by atoms with Crippen LogP contribution in [0.3, 0.4) is 0 Å². The van der Waals surface area contributed by atoms with Gasteiger partial charge in [0.25, 0.3) is 0 Å². The first-order valence-electron chi connectivity index (χ1n) is 10.7. The van der Waals surface area contributed by atoms with Crippen molar-refractivity contribution in [3.05, 3.63) is 59.9 Å². The van der Waals surface area contributed by atoms with Crippen molar-refractivity contribution in [3.63, 3.8) is 0 Å². The second-order valence-corrected chi connectivity index (χ2v) is 11.5. The second-order valence-electron chi connectivity index (χ2n) is 7.92. The minimum Gasteiger partial charge on any atom is -0.296 e. The van der Waals surface area contributed by atoms with Gasteiger partial charge in [-0.2, -0.15) is 0 Å². The molecule has 0 saturated carbocycles. The fraction of sp³-hybridized carbons (Fsp3) is 0.409. The fourth-order valence-corrected chi connectivity index (χ4v) is 6.79. The van der Waals surface area contributed by atoms with Crippen LogP contribution in [0.1, 0.15) is 32.4 Å². The van der Waals surface area contributed by atoms with E-state index in [1.54, 1.807) is 12.1 Å². The van der Waals surface area contributed by atoms with Crippen LogP contribution < -0.4 is 9.03 Å². The first kappa shape index (κ1) is 25.3. The molecule has 0 spiro atoms. The van der Waals surface area contributed by atoms with Crippen molar-refractivity contribution in [1.82, 2.24) is 9.62 Å². The third-order valence-electron chi connectivity index (χ3n) is 5.72. The topological polar surface area (TPSA) is 104 Å². The van der Waals surface area contributed by atoms with Crippen molar-refractivity contribution < 1.29 is 26.0 Å². The van der Waals surface area contributed by atoms with E-state index in [2.05, 4.69) is 9.62 Å². The van der Waals surface area contributed by atoms with Gasteiger partial charge in [0.1, 0.15) is 5.82 Å². The van der Waals surface area contributed by atoms with Crippen LogP contribution in [0.2, 0.25) is 0 Å². The Hall–Kier alpha value is -2.34. The number of anilines is 1. The Kier molecular flexibility index (Phi) is 7.57. The SMILES string of the molecule is CCN(CC)C(CNS(=O)(=O)c1ccc(N2C(=O)C(C)CS2(=O)=O)cc1)c1ccc(F)cc1. The summed E-state index contributed by atoms with van der Waals surface area (Å²) in [4.78, 5) is 14.2. The number of hydrogen-bond donors (Lipinski definition) is 1. The van der Waals surface area contributed by atoms with Gasteiger partial charge in [-0.05, 0) is 55.1 Å². The summed E-state index contributed by atoms with van der Waals surface area (Å²) in [6, 6.07) is 10.8. The van der Waals surface area contributed by atoms with E-state index in [4.69, 9.17) is 0 Å². The third-order valence-corrected chi connectivity index (χ3v) is 9.02. The number of nitrogens with zero attached hydrogens (tertiary/aromatic N) is 2. The molecule has 2 unspecified atom stereocenters. The molecule has 1 N–H and O–H groups in total. The predicted molar refractivity (Wildman–Crippen MR) is 124 cm³/mol. The van der Waals surface area contributed by atoms with Crippen LogP contribution in [-0.2, 0) is 24.8 Å². The van der Waals surface area contributed by atoms with Gasteiger partial charge in [0.2, 0.25) is 26.0 Å². The van der Waals surface area contributed by atoms with E-state index in [-0.39, 0.29) is 34.7 Å². The van der Waals surface area contributed by atoms with E-state index in [0.717, 1.165) is 9.87 Å². The lowest BCUT2D eigenvalue weighted by atomic mass is 10.1. The van der Waals surface area contributed by atoms with Gasteiger partial charge in [-0.15, -0.1) is 0 Å². The zero-order chi connectivity index (χ0) is 24.4. The maximum absolute atomic E-state index is 13.4. The van der Waals surface area contributed by atoms with Crippen LogP contribution in [0.15, 0.2) is 53.4 Å². The lowest BCUT2D eigenvalue weighted by molar-refractivity contribution is -0.119. The average molecular weight is 498 g/mol. The smallest absolute Gasteiger partial charge is 0.244 e. The first-order valence-corrected chi connectivity index (χ1v) is 13.8. The quantitative estimate of drug-likeness (QED) is 0.571. The Balaban J connectivity index is 1.80.